The van der Waals surface area contributed by atoms with Crippen LogP contribution in [0.4, 0.5) is 11.4 Å². The first-order chi connectivity index (χ1) is 11.6. The largest absolute Gasteiger partial charge is 0.465 e. The Bertz CT molecular complexity index is 893. The van der Waals surface area contributed by atoms with Gasteiger partial charge in [0.1, 0.15) is 0 Å². The van der Waals surface area contributed by atoms with Gasteiger partial charge in [0.2, 0.25) is 0 Å². The molecule has 0 atom stereocenters. The molecule has 124 valence electrons. The van der Waals surface area contributed by atoms with E-state index < -0.39 is 5.97 Å². The molecule has 7 heteroatoms. The topological polar surface area (TPSA) is 77.2 Å². The fraction of sp³-hybridized carbons (Fsp3) is 0.176. The number of esters is 1. The highest BCUT2D eigenvalue weighted by molar-refractivity contribution is 8.00. The van der Waals surface area contributed by atoms with Gasteiger partial charge in [-0.3, -0.25) is 0 Å². The molecule has 3 rings (SSSR count). The number of rotatable bonds is 5. The van der Waals surface area contributed by atoms with Crippen LogP contribution in [0.2, 0.25) is 0 Å². The first-order valence-electron chi connectivity index (χ1n) is 7.26. The van der Waals surface area contributed by atoms with E-state index in [0.29, 0.717) is 17.8 Å². The first kappa shape index (κ1) is 16.6. The minimum atomic E-state index is -0.395. The van der Waals surface area contributed by atoms with Gasteiger partial charge in [-0.15, -0.1) is 11.3 Å². The minimum absolute atomic E-state index is 0.395. The fourth-order valence-corrected chi connectivity index (χ4v) is 3.86. The lowest BCUT2D eigenvalue weighted by Gasteiger charge is -2.10. The second-order valence-corrected chi connectivity index (χ2v) is 7.22. The lowest BCUT2D eigenvalue weighted by Crippen LogP contribution is -2.06. The number of nitrogens with zero attached hydrogens (tertiary/aromatic N) is 1. The maximum Gasteiger partial charge on any atom is 0.337 e. The fourth-order valence-electron chi connectivity index (χ4n) is 2.31. The smallest absolute Gasteiger partial charge is 0.337 e. The lowest BCUT2D eigenvalue weighted by atomic mass is 10.1. The average molecular weight is 359 g/mol. The van der Waals surface area contributed by atoms with E-state index in [-0.39, 0.29) is 0 Å². The second-order valence-electron chi connectivity index (χ2n) is 5.13. The van der Waals surface area contributed by atoms with Crippen molar-refractivity contribution in [2.45, 2.75) is 10.9 Å². The van der Waals surface area contributed by atoms with Crippen molar-refractivity contribution in [3.63, 3.8) is 0 Å². The van der Waals surface area contributed by atoms with Crippen LogP contribution in [0, 0.1) is 0 Å². The predicted octanol–water partition coefficient (Wildman–Crippen LogP) is 4.00. The molecule has 0 radical (unpaired) electrons. The van der Waals surface area contributed by atoms with Gasteiger partial charge in [-0.1, -0.05) is 17.8 Å². The van der Waals surface area contributed by atoms with Crippen molar-refractivity contribution in [1.82, 2.24) is 4.98 Å². The molecule has 2 aromatic carbocycles. The van der Waals surface area contributed by atoms with E-state index in [9.17, 15) is 4.79 Å². The molecule has 0 spiro atoms. The third-order valence-corrected chi connectivity index (χ3v) is 5.57. The molecular weight excluding hydrogens is 342 g/mol. The molecule has 0 unspecified atom stereocenters. The van der Waals surface area contributed by atoms with Crippen molar-refractivity contribution in [3.05, 3.63) is 47.5 Å². The van der Waals surface area contributed by atoms with Crippen molar-refractivity contribution >= 4 is 50.7 Å². The summed E-state index contributed by atoms with van der Waals surface area (Å²) in [6.07, 6.45) is 2.03. The highest BCUT2D eigenvalue weighted by Gasteiger charge is 2.08. The zero-order chi connectivity index (χ0) is 17.1. The van der Waals surface area contributed by atoms with Crippen LogP contribution in [0.5, 0.6) is 0 Å². The molecule has 3 aromatic rings. The zero-order valence-corrected chi connectivity index (χ0v) is 15.0. The summed E-state index contributed by atoms with van der Waals surface area (Å²) in [6.45, 7) is 0.643. The maximum atomic E-state index is 11.5. The Hall–Kier alpha value is -2.25. The van der Waals surface area contributed by atoms with E-state index in [1.165, 1.54) is 11.8 Å². The van der Waals surface area contributed by atoms with Crippen LogP contribution < -0.4 is 11.1 Å². The van der Waals surface area contributed by atoms with Gasteiger partial charge in [-0.25, -0.2) is 9.78 Å². The summed E-state index contributed by atoms with van der Waals surface area (Å²) in [6, 6.07) is 11.3. The third-order valence-electron chi connectivity index (χ3n) is 3.56. The predicted molar refractivity (Wildman–Crippen MR) is 101 cm³/mol. The number of nitrogen functional groups attached to an aromatic ring is 1. The van der Waals surface area contributed by atoms with Gasteiger partial charge in [0.25, 0.3) is 0 Å². The molecule has 0 saturated carbocycles. The Morgan fingerprint density at radius 3 is 2.88 bits per heavy atom. The van der Waals surface area contributed by atoms with E-state index in [1.54, 1.807) is 41.3 Å². The number of hydrogen-bond donors (Lipinski definition) is 2. The van der Waals surface area contributed by atoms with Crippen LogP contribution >= 0.6 is 23.1 Å². The summed E-state index contributed by atoms with van der Waals surface area (Å²) < 4.78 is 6.93. The monoisotopic (exact) mass is 359 g/mol. The molecule has 0 bridgehead atoms. The van der Waals surface area contributed by atoms with E-state index in [1.807, 2.05) is 12.3 Å². The Balaban J connectivity index is 1.74. The lowest BCUT2D eigenvalue weighted by molar-refractivity contribution is 0.0601. The number of nitrogens with one attached hydrogen (secondary N) is 1. The number of ether oxygens (including phenoxy) is 1. The van der Waals surface area contributed by atoms with Gasteiger partial charge in [0.15, 0.2) is 4.34 Å². The van der Waals surface area contributed by atoms with Crippen molar-refractivity contribution in [3.8, 4) is 0 Å². The van der Waals surface area contributed by atoms with Crippen molar-refractivity contribution in [2.75, 3.05) is 24.4 Å². The molecule has 5 nitrogen and oxygen atoms in total. The van der Waals surface area contributed by atoms with Gasteiger partial charge in [0, 0.05) is 6.54 Å². The van der Waals surface area contributed by atoms with E-state index >= 15 is 0 Å². The number of nitrogens with two attached hydrogens (primary N) is 1. The molecule has 0 aliphatic carbocycles. The highest BCUT2D eigenvalue weighted by atomic mass is 32.2. The van der Waals surface area contributed by atoms with E-state index in [0.717, 1.165) is 21.1 Å². The van der Waals surface area contributed by atoms with E-state index in [2.05, 4.69) is 22.4 Å². The molecule has 0 aliphatic rings. The third kappa shape index (κ3) is 3.47. The van der Waals surface area contributed by atoms with Gasteiger partial charge in [-0.2, -0.15) is 0 Å². The molecule has 1 heterocycles. The van der Waals surface area contributed by atoms with Crippen LogP contribution in [-0.2, 0) is 11.3 Å². The summed E-state index contributed by atoms with van der Waals surface area (Å²) in [7, 11) is 1.35. The molecule has 0 amide bonds. The van der Waals surface area contributed by atoms with Crippen LogP contribution in [0.1, 0.15) is 15.9 Å². The van der Waals surface area contributed by atoms with Crippen LogP contribution in [0.3, 0.4) is 0 Å². The number of carbonyl (C=O) groups is 1. The van der Waals surface area contributed by atoms with Gasteiger partial charge in [-0.05, 0) is 42.2 Å². The summed E-state index contributed by atoms with van der Waals surface area (Å²) in [5.74, 6) is -0.395. The number of aromatic nitrogens is 1. The number of thioether (sulfide) groups is 1. The molecule has 0 saturated heterocycles. The Morgan fingerprint density at radius 2 is 2.17 bits per heavy atom. The summed E-state index contributed by atoms with van der Waals surface area (Å²) in [5, 5.41) is 3.30. The maximum absolute atomic E-state index is 11.5. The second kappa shape index (κ2) is 7.11. The molecule has 1 aromatic heterocycles. The SMILES string of the molecule is COC(=O)c1ccc(NCc2ccc3nc(SC)sc3c2)c(N)c1. The van der Waals surface area contributed by atoms with Crippen molar-refractivity contribution in [2.24, 2.45) is 0 Å². The zero-order valence-electron chi connectivity index (χ0n) is 13.3. The minimum Gasteiger partial charge on any atom is -0.465 e. The van der Waals surface area contributed by atoms with Gasteiger partial charge in [0.05, 0.1) is 34.3 Å². The van der Waals surface area contributed by atoms with Crippen LogP contribution in [0.15, 0.2) is 40.7 Å². The Morgan fingerprint density at radius 1 is 1.33 bits per heavy atom. The summed E-state index contributed by atoms with van der Waals surface area (Å²) in [4.78, 5) is 16.0. The van der Waals surface area contributed by atoms with Gasteiger partial charge >= 0.3 is 5.97 Å². The van der Waals surface area contributed by atoms with Crippen molar-refractivity contribution < 1.29 is 9.53 Å². The average Bonchev–Trinajstić information content (AvgIpc) is 3.02. The molecule has 0 fully saturated rings. The number of carbonyl (C=O) groups excluding carboxylic acids is 1. The number of hydrogen-bond acceptors (Lipinski definition) is 7. The number of methoxy groups -OCH3 is 1. The Kier molecular flexibility index (Phi) is 4.92. The normalized spacial score (nSPS) is 10.8. The number of anilines is 2. The molecular formula is C17H17N3O2S2. The number of fused-ring (bicyclic) bond motifs is 1. The standard InChI is InChI=1S/C17H17N3O2S2/c1-22-16(21)11-4-6-13(12(18)8-11)19-9-10-3-5-14-15(7-10)24-17(20-14)23-2/h3-8,19H,9,18H2,1-2H3. The van der Waals surface area contributed by atoms with Crippen molar-refractivity contribution in [1.29, 1.82) is 0 Å². The van der Waals surface area contributed by atoms with Crippen LogP contribution in [0.25, 0.3) is 10.2 Å². The quantitative estimate of drug-likeness (QED) is 0.407. The number of thiazole rings is 1. The summed E-state index contributed by atoms with van der Waals surface area (Å²) in [5.41, 5.74) is 9.93. The number of benzene rings is 2. The van der Waals surface area contributed by atoms with E-state index in [4.69, 9.17) is 10.5 Å². The van der Waals surface area contributed by atoms with Gasteiger partial charge < -0.3 is 15.8 Å². The first-order valence-corrected chi connectivity index (χ1v) is 9.30. The molecule has 3 N–H and O–H groups in total. The van der Waals surface area contributed by atoms with Crippen LogP contribution in [-0.4, -0.2) is 24.3 Å². The molecule has 0 aliphatic heterocycles. The summed E-state index contributed by atoms with van der Waals surface area (Å²) >= 11 is 3.35. The Labute approximate surface area is 148 Å². The molecule has 24 heavy (non-hydrogen) atoms. The highest BCUT2D eigenvalue weighted by Crippen LogP contribution is 2.29.